The number of carbonyl (C=O) groups is 1. The van der Waals surface area contributed by atoms with E-state index in [2.05, 4.69) is 31.0 Å². The highest BCUT2D eigenvalue weighted by molar-refractivity contribution is 6.00. The van der Waals surface area contributed by atoms with Crippen molar-refractivity contribution in [3.05, 3.63) is 48.5 Å². The van der Waals surface area contributed by atoms with Gasteiger partial charge in [0.25, 0.3) is 5.91 Å². The van der Waals surface area contributed by atoms with Crippen molar-refractivity contribution in [2.75, 3.05) is 30.9 Å². The maximum Gasteiger partial charge on any atom is 0.257 e. The van der Waals surface area contributed by atoms with E-state index < -0.39 is 12.1 Å². The lowest BCUT2D eigenvalue weighted by atomic mass is 10.2. The zero-order chi connectivity index (χ0) is 20.7. The summed E-state index contributed by atoms with van der Waals surface area (Å²) in [7, 11) is 1.77. The lowest BCUT2D eigenvalue weighted by Gasteiger charge is -2.14. The molecule has 1 aliphatic heterocycles. The third-order valence-electron chi connectivity index (χ3n) is 5.02. The lowest BCUT2D eigenvalue weighted by Crippen LogP contribution is -2.42. The van der Waals surface area contributed by atoms with Crippen molar-refractivity contribution < 1.29 is 14.6 Å². The van der Waals surface area contributed by atoms with Gasteiger partial charge in [-0.3, -0.25) is 4.79 Å². The van der Waals surface area contributed by atoms with E-state index in [1.54, 1.807) is 23.8 Å². The molecule has 0 bridgehead atoms. The first-order valence-corrected chi connectivity index (χ1v) is 9.46. The molecule has 4 aromatic rings. The van der Waals surface area contributed by atoms with Crippen LogP contribution in [0.4, 0.5) is 17.3 Å². The number of amides is 1. The molecule has 0 aliphatic carbocycles. The summed E-state index contributed by atoms with van der Waals surface area (Å²) < 4.78 is 8.65. The van der Waals surface area contributed by atoms with Crippen LogP contribution in [0.2, 0.25) is 0 Å². The third kappa shape index (κ3) is 3.09. The zero-order valence-corrected chi connectivity index (χ0v) is 16.1. The molecule has 4 aromatic heterocycles. The quantitative estimate of drug-likeness (QED) is 0.379. The van der Waals surface area contributed by atoms with Crippen molar-refractivity contribution >= 4 is 34.5 Å². The van der Waals surface area contributed by atoms with Gasteiger partial charge in [0, 0.05) is 31.7 Å². The molecule has 1 amide bonds. The van der Waals surface area contributed by atoms with Crippen LogP contribution in [0.25, 0.3) is 11.3 Å². The number of hydrogen-bond donors (Lipinski definition) is 4. The number of ether oxygens (including phenoxy) is 1. The van der Waals surface area contributed by atoms with Gasteiger partial charge in [0.05, 0.1) is 37.2 Å². The molecule has 11 heteroatoms. The number of fused-ring (bicyclic) bond motifs is 2. The molecular formula is C19H20N8O3. The largest absolute Gasteiger partial charge is 0.388 e. The van der Waals surface area contributed by atoms with Crippen molar-refractivity contribution in [2.24, 2.45) is 0 Å². The summed E-state index contributed by atoms with van der Waals surface area (Å²) in [6.07, 6.45) is 6.21. The van der Waals surface area contributed by atoms with Gasteiger partial charge in [0.2, 0.25) is 0 Å². The Kier molecular flexibility index (Phi) is 4.45. The minimum Gasteiger partial charge on any atom is -0.388 e. The summed E-state index contributed by atoms with van der Waals surface area (Å²) in [5.74, 6) is 0.810. The Morgan fingerprint density at radius 2 is 2.20 bits per heavy atom. The van der Waals surface area contributed by atoms with Gasteiger partial charge in [0.15, 0.2) is 11.3 Å². The van der Waals surface area contributed by atoms with E-state index in [0.717, 1.165) is 11.3 Å². The van der Waals surface area contributed by atoms with Gasteiger partial charge in [0.1, 0.15) is 17.2 Å². The molecule has 1 fully saturated rings. The number of aliphatic hydroxyl groups is 1. The summed E-state index contributed by atoms with van der Waals surface area (Å²) in [6.45, 7) is 0.470. The smallest absolute Gasteiger partial charge is 0.257 e. The fraction of sp³-hybridized carbons (Fsp3) is 0.263. The van der Waals surface area contributed by atoms with Crippen LogP contribution in [0.1, 0.15) is 10.4 Å². The molecule has 5 rings (SSSR count). The van der Waals surface area contributed by atoms with Gasteiger partial charge in [-0.25, -0.2) is 9.97 Å². The fourth-order valence-electron chi connectivity index (χ4n) is 3.48. The number of aliphatic hydroxyl groups excluding tert-OH is 1. The summed E-state index contributed by atoms with van der Waals surface area (Å²) in [5.41, 5.74) is 2.21. The molecule has 1 saturated heterocycles. The maximum atomic E-state index is 12.8. The first kappa shape index (κ1) is 18.3. The molecule has 4 N–H and O–H groups in total. The fourth-order valence-corrected chi connectivity index (χ4v) is 3.48. The standard InChI is InChI=1S/C19H20N8O3/c1-20-16-7-15(23-12-3-2-5-26-6-4-21-18(12)26)25-17-11(8-22-27(16)17)19(29)24-13-9-30-10-14(13)28/h2-8,13-14,20,28H,9-10H2,1H3,(H,23,25)(H,24,29)/t13-,14+/m0/s1. The molecule has 0 unspecified atom stereocenters. The van der Waals surface area contributed by atoms with E-state index in [1.807, 2.05) is 28.9 Å². The number of hydrogen-bond acceptors (Lipinski definition) is 8. The highest BCUT2D eigenvalue weighted by Gasteiger charge is 2.29. The van der Waals surface area contributed by atoms with E-state index in [0.29, 0.717) is 22.8 Å². The molecule has 0 radical (unpaired) electrons. The van der Waals surface area contributed by atoms with Gasteiger partial charge < -0.3 is 30.2 Å². The second-order valence-electron chi connectivity index (χ2n) is 6.96. The number of nitrogens with one attached hydrogen (secondary N) is 3. The Bertz CT molecular complexity index is 1230. The Morgan fingerprint density at radius 1 is 1.30 bits per heavy atom. The molecule has 5 heterocycles. The SMILES string of the molecule is CNc1cc(Nc2cccn3ccnc23)nc2c(C(=O)N[C@H]3COC[C@H]3O)cnn12. The predicted octanol–water partition coefficient (Wildman–Crippen LogP) is 0.652. The van der Waals surface area contributed by atoms with Crippen molar-refractivity contribution in [1.29, 1.82) is 0 Å². The van der Waals surface area contributed by atoms with E-state index in [-0.39, 0.29) is 19.1 Å². The number of carbonyl (C=O) groups excluding carboxylic acids is 1. The van der Waals surface area contributed by atoms with E-state index in [4.69, 9.17) is 4.74 Å². The summed E-state index contributed by atoms with van der Waals surface area (Å²) in [5, 5.41) is 23.3. The number of rotatable bonds is 5. The summed E-state index contributed by atoms with van der Waals surface area (Å²) in [6, 6.07) is 5.14. The Balaban J connectivity index is 1.51. The molecule has 11 nitrogen and oxygen atoms in total. The highest BCUT2D eigenvalue weighted by atomic mass is 16.5. The number of nitrogens with zero attached hydrogens (tertiary/aromatic N) is 5. The topological polar surface area (TPSA) is 130 Å². The Hall–Kier alpha value is -3.70. The molecule has 2 atom stereocenters. The monoisotopic (exact) mass is 408 g/mol. The highest BCUT2D eigenvalue weighted by Crippen LogP contribution is 2.24. The van der Waals surface area contributed by atoms with Gasteiger partial charge >= 0.3 is 0 Å². The summed E-state index contributed by atoms with van der Waals surface area (Å²) in [4.78, 5) is 21.8. The van der Waals surface area contributed by atoms with Crippen molar-refractivity contribution in [3.8, 4) is 0 Å². The van der Waals surface area contributed by atoms with Crippen LogP contribution in [0.15, 0.2) is 43.0 Å². The van der Waals surface area contributed by atoms with Crippen molar-refractivity contribution in [3.63, 3.8) is 0 Å². The van der Waals surface area contributed by atoms with Gasteiger partial charge in [-0.1, -0.05) is 0 Å². The number of anilines is 3. The van der Waals surface area contributed by atoms with Crippen molar-refractivity contribution in [2.45, 2.75) is 12.1 Å². The van der Waals surface area contributed by atoms with Gasteiger partial charge in [-0.15, -0.1) is 0 Å². The average Bonchev–Trinajstić information content (AvgIpc) is 3.48. The van der Waals surface area contributed by atoms with Gasteiger partial charge in [-0.2, -0.15) is 9.61 Å². The number of aromatic nitrogens is 5. The summed E-state index contributed by atoms with van der Waals surface area (Å²) >= 11 is 0. The first-order chi connectivity index (χ1) is 14.6. The second kappa shape index (κ2) is 7.28. The van der Waals surface area contributed by atoms with Gasteiger partial charge in [-0.05, 0) is 12.1 Å². The zero-order valence-electron chi connectivity index (χ0n) is 16.1. The predicted molar refractivity (Wildman–Crippen MR) is 109 cm³/mol. The van der Waals surface area contributed by atoms with Crippen LogP contribution in [0.5, 0.6) is 0 Å². The van der Waals surface area contributed by atoms with E-state index in [1.165, 1.54) is 6.20 Å². The van der Waals surface area contributed by atoms with Crippen LogP contribution in [-0.4, -0.2) is 67.4 Å². The normalized spacial score (nSPS) is 18.7. The average molecular weight is 408 g/mol. The molecule has 0 aromatic carbocycles. The second-order valence-corrected chi connectivity index (χ2v) is 6.96. The Morgan fingerprint density at radius 3 is 3.00 bits per heavy atom. The minimum atomic E-state index is -0.733. The van der Waals surface area contributed by atoms with Crippen LogP contribution in [-0.2, 0) is 4.74 Å². The molecule has 0 saturated carbocycles. The Labute approximate surface area is 170 Å². The van der Waals surface area contributed by atoms with Crippen molar-refractivity contribution in [1.82, 2.24) is 29.3 Å². The molecular weight excluding hydrogens is 388 g/mol. The van der Waals surface area contributed by atoms with Crippen LogP contribution in [0.3, 0.4) is 0 Å². The number of pyridine rings is 1. The minimum absolute atomic E-state index is 0.204. The van der Waals surface area contributed by atoms with Crippen LogP contribution in [0, 0.1) is 0 Å². The molecule has 1 aliphatic rings. The number of imidazole rings is 1. The third-order valence-corrected chi connectivity index (χ3v) is 5.02. The van der Waals surface area contributed by atoms with Crippen LogP contribution < -0.4 is 16.0 Å². The van der Waals surface area contributed by atoms with E-state index in [9.17, 15) is 9.90 Å². The molecule has 30 heavy (non-hydrogen) atoms. The molecule has 0 spiro atoms. The van der Waals surface area contributed by atoms with Crippen LogP contribution >= 0.6 is 0 Å². The van der Waals surface area contributed by atoms with E-state index >= 15 is 0 Å². The maximum absolute atomic E-state index is 12.8. The molecule has 154 valence electrons. The lowest BCUT2D eigenvalue weighted by molar-refractivity contribution is 0.0888. The first-order valence-electron chi connectivity index (χ1n) is 9.46.